The van der Waals surface area contributed by atoms with Crippen LogP contribution in [0.3, 0.4) is 0 Å². The molecule has 1 atom stereocenters. The van der Waals surface area contributed by atoms with Crippen LogP contribution in [0.1, 0.15) is 22.0 Å². The molecule has 0 spiro atoms. The molecule has 1 saturated heterocycles. The Morgan fingerprint density at radius 1 is 1.21 bits per heavy atom. The van der Waals surface area contributed by atoms with Crippen LogP contribution in [0, 0.1) is 5.82 Å². The number of nitrogens with zero attached hydrogens (tertiary/aromatic N) is 1. The van der Waals surface area contributed by atoms with E-state index in [2.05, 4.69) is 10.2 Å². The Hall–Kier alpha value is -1.86. The Labute approximate surface area is 173 Å². The zero-order chi connectivity index (χ0) is 20.1. The second-order valence-electron chi connectivity index (χ2n) is 6.39. The lowest BCUT2D eigenvalue weighted by atomic mass is 10.0. The summed E-state index contributed by atoms with van der Waals surface area (Å²) in [6, 6.07) is 9.94. The molecular formula is C20H21Cl2FN2O3. The second-order valence-corrected chi connectivity index (χ2v) is 7.21. The van der Waals surface area contributed by atoms with Crippen molar-refractivity contribution >= 4 is 29.1 Å². The minimum atomic E-state index is -0.684. The van der Waals surface area contributed by atoms with Crippen molar-refractivity contribution in [2.75, 3.05) is 40.0 Å². The van der Waals surface area contributed by atoms with Crippen LogP contribution in [0.2, 0.25) is 10.0 Å². The maximum Gasteiger partial charge on any atom is 0.252 e. The molecule has 1 aliphatic heterocycles. The Morgan fingerprint density at radius 2 is 1.89 bits per heavy atom. The van der Waals surface area contributed by atoms with Crippen molar-refractivity contribution < 1.29 is 18.7 Å². The summed E-state index contributed by atoms with van der Waals surface area (Å²) in [5.74, 6) is -0.375. The van der Waals surface area contributed by atoms with Crippen molar-refractivity contribution in [2.45, 2.75) is 6.04 Å². The second kappa shape index (κ2) is 9.56. The van der Waals surface area contributed by atoms with E-state index < -0.39 is 11.7 Å². The van der Waals surface area contributed by atoms with Gasteiger partial charge in [-0.2, -0.15) is 0 Å². The third kappa shape index (κ3) is 4.94. The number of benzene rings is 2. The van der Waals surface area contributed by atoms with Gasteiger partial charge in [-0.25, -0.2) is 4.39 Å². The predicted molar refractivity (Wildman–Crippen MR) is 107 cm³/mol. The lowest BCUT2D eigenvalue weighted by molar-refractivity contribution is 0.0162. The van der Waals surface area contributed by atoms with Gasteiger partial charge in [-0.15, -0.1) is 0 Å². The Kier molecular flexibility index (Phi) is 7.13. The number of ether oxygens (including phenoxy) is 2. The summed E-state index contributed by atoms with van der Waals surface area (Å²) < 4.78 is 24.4. The summed E-state index contributed by atoms with van der Waals surface area (Å²) in [6.07, 6.45) is 0. The molecule has 2 aromatic carbocycles. The number of carbonyl (C=O) groups excluding carboxylic acids is 1. The van der Waals surface area contributed by atoms with Crippen molar-refractivity contribution in [3.05, 3.63) is 63.4 Å². The van der Waals surface area contributed by atoms with Gasteiger partial charge in [0.2, 0.25) is 0 Å². The number of amides is 1. The van der Waals surface area contributed by atoms with Gasteiger partial charge in [0.1, 0.15) is 11.6 Å². The summed E-state index contributed by atoms with van der Waals surface area (Å²) in [7, 11) is 1.61. The quantitative estimate of drug-likeness (QED) is 0.710. The molecule has 0 aliphatic carbocycles. The number of hydrogen-bond donors (Lipinski definition) is 1. The largest absolute Gasteiger partial charge is 0.497 e. The van der Waals surface area contributed by atoms with E-state index in [-0.39, 0.29) is 21.7 Å². The minimum Gasteiger partial charge on any atom is -0.497 e. The highest BCUT2D eigenvalue weighted by molar-refractivity contribution is 6.36. The number of methoxy groups -OCH3 is 1. The Morgan fingerprint density at radius 3 is 2.54 bits per heavy atom. The van der Waals surface area contributed by atoms with Gasteiger partial charge in [0, 0.05) is 19.6 Å². The molecule has 0 aromatic heterocycles. The molecule has 0 saturated carbocycles. The zero-order valence-electron chi connectivity index (χ0n) is 15.4. The molecule has 0 radical (unpaired) electrons. The molecule has 5 nitrogen and oxygen atoms in total. The molecule has 150 valence electrons. The van der Waals surface area contributed by atoms with Crippen LogP contribution >= 0.6 is 23.2 Å². The fourth-order valence-electron chi connectivity index (χ4n) is 3.15. The number of hydrogen-bond acceptors (Lipinski definition) is 4. The number of halogens is 3. The van der Waals surface area contributed by atoms with Gasteiger partial charge < -0.3 is 14.8 Å². The van der Waals surface area contributed by atoms with Gasteiger partial charge in [0.15, 0.2) is 0 Å². The van der Waals surface area contributed by atoms with Crippen LogP contribution in [-0.4, -0.2) is 50.8 Å². The molecule has 8 heteroatoms. The fourth-order valence-corrected chi connectivity index (χ4v) is 3.62. The van der Waals surface area contributed by atoms with Crippen molar-refractivity contribution in [1.82, 2.24) is 10.2 Å². The van der Waals surface area contributed by atoms with E-state index in [1.54, 1.807) is 7.11 Å². The first-order valence-electron chi connectivity index (χ1n) is 8.88. The predicted octanol–water partition coefficient (Wildman–Crippen LogP) is 3.94. The molecule has 1 heterocycles. The molecule has 3 rings (SSSR count). The van der Waals surface area contributed by atoms with Gasteiger partial charge in [-0.3, -0.25) is 9.69 Å². The summed E-state index contributed by atoms with van der Waals surface area (Å²) in [4.78, 5) is 14.8. The molecule has 1 amide bonds. The van der Waals surface area contributed by atoms with E-state index >= 15 is 0 Å². The summed E-state index contributed by atoms with van der Waals surface area (Å²) in [6.45, 7) is 3.11. The zero-order valence-corrected chi connectivity index (χ0v) is 16.9. The molecule has 1 aliphatic rings. The van der Waals surface area contributed by atoms with Crippen LogP contribution in [0.5, 0.6) is 5.75 Å². The van der Waals surface area contributed by atoms with Crippen molar-refractivity contribution in [2.24, 2.45) is 0 Å². The fraction of sp³-hybridized carbons (Fsp3) is 0.350. The van der Waals surface area contributed by atoms with Gasteiger partial charge in [0.05, 0.1) is 42.0 Å². The first-order valence-corrected chi connectivity index (χ1v) is 9.63. The molecule has 0 bridgehead atoms. The molecule has 1 N–H and O–H groups in total. The third-order valence-corrected chi connectivity index (χ3v) is 5.30. The monoisotopic (exact) mass is 426 g/mol. The van der Waals surface area contributed by atoms with Crippen LogP contribution in [0.15, 0.2) is 36.4 Å². The van der Waals surface area contributed by atoms with Gasteiger partial charge >= 0.3 is 0 Å². The normalized spacial score (nSPS) is 15.9. The Balaban J connectivity index is 1.77. The van der Waals surface area contributed by atoms with E-state index in [0.717, 1.165) is 30.5 Å². The van der Waals surface area contributed by atoms with Crippen molar-refractivity contribution in [1.29, 1.82) is 0 Å². The first kappa shape index (κ1) is 20.9. The first-order chi connectivity index (χ1) is 13.5. The topological polar surface area (TPSA) is 50.8 Å². The van der Waals surface area contributed by atoms with Crippen LogP contribution in [0.4, 0.5) is 4.39 Å². The van der Waals surface area contributed by atoms with Gasteiger partial charge in [0.25, 0.3) is 5.91 Å². The van der Waals surface area contributed by atoms with Crippen LogP contribution in [0.25, 0.3) is 0 Å². The minimum absolute atomic E-state index is 0.0547. The summed E-state index contributed by atoms with van der Waals surface area (Å²) in [5, 5.41) is 2.85. The molecular weight excluding hydrogens is 406 g/mol. The standard InChI is InChI=1S/C20H21Cl2FN2O3/c1-27-14-4-2-13(3-5-14)19(25-6-8-28-9-7-25)12-24-20(26)15-10-18(23)17(22)11-16(15)21/h2-5,10-11,19H,6-9,12H2,1H3,(H,24,26). The van der Waals surface area contributed by atoms with Crippen LogP contribution in [-0.2, 0) is 4.74 Å². The number of carbonyl (C=O) groups is 1. The van der Waals surface area contributed by atoms with Gasteiger partial charge in [-0.05, 0) is 29.8 Å². The van der Waals surface area contributed by atoms with E-state index in [4.69, 9.17) is 32.7 Å². The average Bonchev–Trinajstić information content (AvgIpc) is 2.72. The maximum atomic E-state index is 13.7. The van der Waals surface area contributed by atoms with E-state index in [1.807, 2.05) is 24.3 Å². The smallest absolute Gasteiger partial charge is 0.252 e. The van der Waals surface area contributed by atoms with Crippen LogP contribution < -0.4 is 10.1 Å². The van der Waals surface area contributed by atoms with E-state index in [1.165, 1.54) is 6.07 Å². The lowest BCUT2D eigenvalue weighted by Gasteiger charge is -2.35. The van der Waals surface area contributed by atoms with E-state index in [0.29, 0.717) is 19.8 Å². The highest BCUT2D eigenvalue weighted by atomic mass is 35.5. The average molecular weight is 427 g/mol. The number of rotatable bonds is 6. The summed E-state index contributed by atoms with van der Waals surface area (Å²) >= 11 is 11.8. The number of morpholine rings is 1. The van der Waals surface area contributed by atoms with E-state index in [9.17, 15) is 9.18 Å². The highest BCUT2D eigenvalue weighted by Crippen LogP contribution is 2.26. The van der Waals surface area contributed by atoms with Gasteiger partial charge in [-0.1, -0.05) is 35.3 Å². The lowest BCUT2D eigenvalue weighted by Crippen LogP contribution is -2.43. The number of nitrogens with one attached hydrogen (secondary N) is 1. The van der Waals surface area contributed by atoms with Crippen molar-refractivity contribution in [3.8, 4) is 5.75 Å². The highest BCUT2D eigenvalue weighted by Gasteiger charge is 2.24. The third-order valence-electron chi connectivity index (χ3n) is 4.70. The molecule has 1 fully saturated rings. The Bertz CT molecular complexity index is 827. The SMILES string of the molecule is COc1ccc(C(CNC(=O)c2cc(F)c(Cl)cc2Cl)N2CCOCC2)cc1. The van der Waals surface area contributed by atoms with Crippen molar-refractivity contribution in [3.63, 3.8) is 0 Å². The molecule has 1 unspecified atom stereocenters. The maximum absolute atomic E-state index is 13.7. The molecule has 2 aromatic rings. The summed E-state index contributed by atoms with van der Waals surface area (Å²) in [5.41, 5.74) is 1.09. The molecule has 28 heavy (non-hydrogen) atoms.